The second-order valence-electron chi connectivity index (χ2n) is 3.04. The van der Waals surface area contributed by atoms with E-state index in [-0.39, 0.29) is 6.10 Å². The molecule has 0 N–H and O–H groups in total. The summed E-state index contributed by atoms with van der Waals surface area (Å²) in [4.78, 5) is 0. The van der Waals surface area contributed by atoms with Crippen molar-refractivity contribution >= 4 is 0 Å². The molecule has 0 saturated carbocycles. The molecule has 0 bridgehead atoms. The lowest BCUT2D eigenvalue weighted by molar-refractivity contribution is 0.0465. The lowest BCUT2D eigenvalue weighted by Gasteiger charge is -2.17. The highest BCUT2D eigenvalue weighted by atomic mass is 16.7. The zero-order valence-electron chi connectivity index (χ0n) is 6.17. The Morgan fingerprint density at radius 2 is 2.40 bits per heavy atom. The number of allylic oxidation sites excluding steroid dienone is 1. The molecule has 0 aromatic heterocycles. The normalized spacial score (nSPS) is 38.3. The monoisotopic (exact) mass is 140 g/mol. The lowest BCUT2D eigenvalue weighted by Crippen LogP contribution is -2.14. The molecular weight excluding hydrogens is 128 g/mol. The van der Waals surface area contributed by atoms with Gasteiger partial charge in [0.1, 0.15) is 11.9 Å². The summed E-state index contributed by atoms with van der Waals surface area (Å²) < 4.78 is 10.6. The van der Waals surface area contributed by atoms with Crippen molar-refractivity contribution in [1.29, 1.82) is 0 Å². The third-order valence-corrected chi connectivity index (χ3v) is 2.15. The van der Waals surface area contributed by atoms with Gasteiger partial charge in [-0.25, -0.2) is 0 Å². The van der Waals surface area contributed by atoms with Gasteiger partial charge in [0.25, 0.3) is 0 Å². The van der Waals surface area contributed by atoms with Crippen LogP contribution in [0.4, 0.5) is 0 Å². The van der Waals surface area contributed by atoms with Crippen LogP contribution in [0, 0.1) is 5.92 Å². The van der Waals surface area contributed by atoms with Crippen LogP contribution in [0.25, 0.3) is 0 Å². The van der Waals surface area contributed by atoms with Crippen LogP contribution in [0.15, 0.2) is 11.8 Å². The van der Waals surface area contributed by atoms with Crippen LogP contribution in [-0.2, 0) is 9.47 Å². The number of fused-ring (bicyclic) bond motifs is 1. The molecule has 0 spiro atoms. The summed E-state index contributed by atoms with van der Waals surface area (Å²) in [5, 5.41) is 0. The van der Waals surface area contributed by atoms with E-state index in [1.54, 1.807) is 0 Å². The highest BCUT2D eigenvalue weighted by molar-refractivity contribution is 5.08. The van der Waals surface area contributed by atoms with Crippen molar-refractivity contribution in [2.24, 2.45) is 5.92 Å². The Morgan fingerprint density at radius 1 is 1.50 bits per heavy atom. The van der Waals surface area contributed by atoms with Gasteiger partial charge in [0, 0.05) is 0 Å². The van der Waals surface area contributed by atoms with Gasteiger partial charge in [-0.05, 0) is 24.8 Å². The van der Waals surface area contributed by atoms with Crippen molar-refractivity contribution in [2.45, 2.75) is 25.9 Å². The highest BCUT2D eigenvalue weighted by Gasteiger charge is 2.27. The Labute approximate surface area is 60.8 Å². The van der Waals surface area contributed by atoms with E-state index in [2.05, 4.69) is 13.0 Å². The van der Waals surface area contributed by atoms with Gasteiger partial charge in [0.2, 0.25) is 0 Å². The van der Waals surface area contributed by atoms with Crippen LogP contribution < -0.4 is 0 Å². The van der Waals surface area contributed by atoms with E-state index in [0.29, 0.717) is 12.7 Å². The molecule has 1 fully saturated rings. The predicted molar refractivity (Wildman–Crippen MR) is 37.3 cm³/mol. The Bertz CT molecular complexity index is 163. The molecule has 1 aliphatic carbocycles. The zero-order chi connectivity index (χ0) is 6.97. The van der Waals surface area contributed by atoms with E-state index in [4.69, 9.17) is 9.47 Å². The quantitative estimate of drug-likeness (QED) is 0.509. The maximum Gasteiger partial charge on any atom is 0.189 e. The highest BCUT2D eigenvalue weighted by Crippen LogP contribution is 2.29. The molecule has 0 radical (unpaired) electrons. The van der Waals surface area contributed by atoms with Crippen molar-refractivity contribution in [3.63, 3.8) is 0 Å². The van der Waals surface area contributed by atoms with E-state index in [1.807, 2.05) is 0 Å². The molecule has 56 valence electrons. The minimum Gasteiger partial charge on any atom is -0.469 e. The predicted octanol–water partition coefficient (Wildman–Crippen LogP) is 1.67. The molecule has 10 heavy (non-hydrogen) atoms. The van der Waals surface area contributed by atoms with E-state index in [0.717, 1.165) is 12.2 Å². The molecular formula is C8H12O2. The molecule has 2 unspecified atom stereocenters. The maximum atomic E-state index is 5.31. The minimum atomic E-state index is 0.288. The van der Waals surface area contributed by atoms with Crippen molar-refractivity contribution < 1.29 is 9.47 Å². The summed E-state index contributed by atoms with van der Waals surface area (Å²) in [6, 6.07) is 0. The Hall–Kier alpha value is -0.500. The molecule has 1 heterocycles. The average Bonchev–Trinajstić information content (AvgIpc) is 2.33. The first-order valence-electron chi connectivity index (χ1n) is 3.82. The van der Waals surface area contributed by atoms with Crippen molar-refractivity contribution in [1.82, 2.24) is 0 Å². The smallest absolute Gasteiger partial charge is 0.189 e. The van der Waals surface area contributed by atoms with Gasteiger partial charge >= 0.3 is 0 Å². The van der Waals surface area contributed by atoms with Gasteiger partial charge in [-0.2, -0.15) is 0 Å². The summed E-state index contributed by atoms with van der Waals surface area (Å²) in [5.41, 5.74) is 0. The molecule has 2 heteroatoms. The van der Waals surface area contributed by atoms with Gasteiger partial charge in [0.05, 0.1) is 0 Å². The molecule has 1 saturated heterocycles. The molecule has 2 rings (SSSR count). The summed E-state index contributed by atoms with van der Waals surface area (Å²) in [5.74, 6) is 1.74. The third kappa shape index (κ3) is 0.926. The third-order valence-electron chi connectivity index (χ3n) is 2.15. The van der Waals surface area contributed by atoms with E-state index < -0.39 is 0 Å². The molecule has 0 aromatic carbocycles. The fourth-order valence-corrected chi connectivity index (χ4v) is 1.52. The standard InChI is InChI=1S/C8H12O2/c1-6-2-3-7-8(4-6)10-5-9-7/h4,6-7H,2-3,5H2,1H3. The molecule has 2 aliphatic rings. The number of hydrogen-bond acceptors (Lipinski definition) is 2. The van der Waals surface area contributed by atoms with Crippen LogP contribution in [0.5, 0.6) is 0 Å². The van der Waals surface area contributed by atoms with Crippen molar-refractivity contribution in [2.75, 3.05) is 6.79 Å². The van der Waals surface area contributed by atoms with Gasteiger partial charge in [0.15, 0.2) is 6.79 Å². The first-order valence-corrected chi connectivity index (χ1v) is 3.82. The second kappa shape index (κ2) is 2.27. The van der Waals surface area contributed by atoms with Crippen LogP contribution in [0.1, 0.15) is 19.8 Å². The van der Waals surface area contributed by atoms with Crippen LogP contribution in [0.3, 0.4) is 0 Å². The molecule has 0 amide bonds. The van der Waals surface area contributed by atoms with E-state index in [1.165, 1.54) is 6.42 Å². The number of ether oxygens (including phenoxy) is 2. The lowest BCUT2D eigenvalue weighted by atomic mass is 9.95. The SMILES string of the molecule is CC1C=C2OCOC2CC1. The summed E-state index contributed by atoms with van der Waals surface area (Å²) >= 11 is 0. The largest absolute Gasteiger partial charge is 0.469 e. The molecule has 0 aromatic rings. The minimum absolute atomic E-state index is 0.288. The van der Waals surface area contributed by atoms with Crippen LogP contribution >= 0.6 is 0 Å². The molecule has 2 nitrogen and oxygen atoms in total. The van der Waals surface area contributed by atoms with Crippen molar-refractivity contribution in [3.8, 4) is 0 Å². The van der Waals surface area contributed by atoms with E-state index >= 15 is 0 Å². The average molecular weight is 140 g/mol. The first-order chi connectivity index (χ1) is 4.86. The Kier molecular flexibility index (Phi) is 1.42. The number of hydrogen-bond donors (Lipinski definition) is 0. The van der Waals surface area contributed by atoms with Crippen molar-refractivity contribution in [3.05, 3.63) is 11.8 Å². The Morgan fingerprint density at radius 3 is 3.30 bits per heavy atom. The summed E-state index contributed by atoms with van der Waals surface area (Å²) in [7, 11) is 0. The first kappa shape index (κ1) is 6.23. The fourth-order valence-electron chi connectivity index (χ4n) is 1.52. The summed E-state index contributed by atoms with van der Waals surface area (Å²) in [6.45, 7) is 2.67. The molecule has 2 atom stereocenters. The topological polar surface area (TPSA) is 18.5 Å². The van der Waals surface area contributed by atoms with E-state index in [9.17, 15) is 0 Å². The van der Waals surface area contributed by atoms with Gasteiger partial charge in [-0.1, -0.05) is 6.92 Å². The zero-order valence-corrected chi connectivity index (χ0v) is 6.17. The Balaban J connectivity index is 2.16. The number of rotatable bonds is 0. The molecule has 1 aliphatic heterocycles. The second-order valence-corrected chi connectivity index (χ2v) is 3.04. The summed E-state index contributed by atoms with van der Waals surface area (Å²) in [6.07, 6.45) is 4.84. The maximum absolute atomic E-state index is 5.31. The van der Waals surface area contributed by atoms with Crippen LogP contribution in [0.2, 0.25) is 0 Å². The van der Waals surface area contributed by atoms with Gasteiger partial charge in [-0.3, -0.25) is 0 Å². The fraction of sp³-hybridized carbons (Fsp3) is 0.750. The van der Waals surface area contributed by atoms with Crippen LogP contribution in [-0.4, -0.2) is 12.9 Å². The van der Waals surface area contributed by atoms with Gasteiger partial charge < -0.3 is 9.47 Å². The van der Waals surface area contributed by atoms with Gasteiger partial charge in [-0.15, -0.1) is 0 Å².